The van der Waals surface area contributed by atoms with Crippen LogP contribution in [0.1, 0.15) is 20.3 Å². The molecule has 7 nitrogen and oxygen atoms in total. The number of amides is 1. The molecule has 1 aromatic heterocycles. The predicted molar refractivity (Wildman–Crippen MR) is 80.8 cm³/mol. The minimum absolute atomic E-state index is 0.0672. The summed E-state index contributed by atoms with van der Waals surface area (Å²) in [5.41, 5.74) is 0. The molecule has 0 saturated carbocycles. The lowest BCUT2D eigenvalue weighted by Gasteiger charge is -2.26. The maximum atomic E-state index is 12.4. The Labute approximate surface area is 129 Å². The second kappa shape index (κ2) is 6.35. The average molecular weight is 332 g/mol. The fraction of sp³-hybridized carbons (Fsp3) is 0.750. The van der Waals surface area contributed by atoms with E-state index < -0.39 is 9.84 Å². The standard InChI is InChI=1S/C12H20N4O3S2/c1-4-16-8-13-14-12(16)20-9(2)11(17)15(3)10-5-6-21(18,19)7-10/h8-10H,4-7H2,1-3H3/t9-,10-/m0/s1. The van der Waals surface area contributed by atoms with Gasteiger partial charge in [0.05, 0.1) is 16.8 Å². The quantitative estimate of drug-likeness (QED) is 0.727. The van der Waals surface area contributed by atoms with Gasteiger partial charge in [-0.25, -0.2) is 8.42 Å². The lowest BCUT2D eigenvalue weighted by molar-refractivity contribution is -0.130. The summed E-state index contributed by atoms with van der Waals surface area (Å²) in [4.78, 5) is 14.0. The van der Waals surface area contributed by atoms with Gasteiger partial charge in [-0.15, -0.1) is 10.2 Å². The number of carbonyl (C=O) groups is 1. The first-order valence-corrected chi connectivity index (χ1v) is 9.55. The van der Waals surface area contributed by atoms with Gasteiger partial charge in [0.2, 0.25) is 5.91 Å². The minimum Gasteiger partial charge on any atom is -0.341 e. The van der Waals surface area contributed by atoms with Gasteiger partial charge in [-0.2, -0.15) is 0 Å². The summed E-state index contributed by atoms with van der Waals surface area (Å²) in [6.07, 6.45) is 2.15. The SMILES string of the molecule is CCn1cnnc1S[C@@H](C)C(=O)N(C)[C@H]1CCS(=O)(=O)C1. The highest BCUT2D eigenvalue weighted by molar-refractivity contribution is 8.00. The highest BCUT2D eigenvalue weighted by atomic mass is 32.2. The second-order valence-electron chi connectivity index (χ2n) is 5.17. The van der Waals surface area contributed by atoms with Crippen molar-refractivity contribution in [2.24, 2.45) is 0 Å². The number of carbonyl (C=O) groups excluding carboxylic acids is 1. The van der Waals surface area contributed by atoms with Gasteiger partial charge in [0.1, 0.15) is 6.33 Å². The van der Waals surface area contributed by atoms with Gasteiger partial charge >= 0.3 is 0 Å². The Morgan fingerprint density at radius 1 is 1.62 bits per heavy atom. The first-order chi connectivity index (χ1) is 9.84. The molecule has 1 aromatic rings. The van der Waals surface area contributed by atoms with Crippen LogP contribution in [0.2, 0.25) is 0 Å². The minimum atomic E-state index is -2.99. The molecule has 21 heavy (non-hydrogen) atoms. The lowest BCUT2D eigenvalue weighted by atomic mass is 10.2. The van der Waals surface area contributed by atoms with Crippen LogP contribution in [0.25, 0.3) is 0 Å². The van der Waals surface area contributed by atoms with Crippen molar-refractivity contribution in [2.45, 2.75) is 43.3 Å². The number of aromatic nitrogens is 3. The zero-order valence-electron chi connectivity index (χ0n) is 12.4. The molecule has 1 saturated heterocycles. The van der Waals surface area contributed by atoms with Crippen molar-refractivity contribution in [3.63, 3.8) is 0 Å². The lowest BCUT2D eigenvalue weighted by Crippen LogP contribution is -2.41. The van der Waals surface area contributed by atoms with E-state index in [0.717, 1.165) is 6.54 Å². The third kappa shape index (κ3) is 3.76. The maximum absolute atomic E-state index is 12.4. The van der Waals surface area contributed by atoms with Crippen LogP contribution in [0.4, 0.5) is 0 Å². The van der Waals surface area contributed by atoms with Crippen LogP contribution in [0.3, 0.4) is 0 Å². The number of aryl methyl sites for hydroxylation is 1. The molecule has 1 aliphatic heterocycles. The third-order valence-electron chi connectivity index (χ3n) is 3.65. The molecule has 1 fully saturated rings. The van der Waals surface area contributed by atoms with Gasteiger partial charge in [0.25, 0.3) is 0 Å². The Morgan fingerprint density at radius 3 is 2.90 bits per heavy atom. The summed E-state index contributed by atoms with van der Waals surface area (Å²) in [5, 5.41) is 8.21. The highest BCUT2D eigenvalue weighted by Gasteiger charge is 2.34. The molecule has 118 valence electrons. The number of rotatable bonds is 5. The molecule has 1 amide bonds. The van der Waals surface area contributed by atoms with Crippen molar-refractivity contribution < 1.29 is 13.2 Å². The maximum Gasteiger partial charge on any atom is 0.235 e. The molecular weight excluding hydrogens is 312 g/mol. The van der Waals surface area contributed by atoms with Crippen LogP contribution in [0, 0.1) is 0 Å². The van der Waals surface area contributed by atoms with Crippen molar-refractivity contribution in [3.8, 4) is 0 Å². The molecule has 0 bridgehead atoms. The molecular formula is C12H20N4O3S2. The van der Waals surface area contributed by atoms with E-state index in [0.29, 0.717) is 11.6 Å². The summed E-state index contributed by atoms with van der Waals surface area (Å²) < 4.78 is 24.9. The van der Waals surface area contributed by atoms with Gasteiger partial charge in [-0.3, -0.25) is 4.79 Å². The molecule has 2 heterocycles. The molecule has 2 rings (SSSR count). The van der Waals surface area contributed by atoms with Crippen LogP contribution in [-0.4, -0.2) is 63.8 Å². The largest absolute Gasteiger partial charge is 0.341 e. The zero-order valence-corrected chi connectivity index (χ0v) is 14.0. The summed E-state index contributed by atoms with van der Waals surface area (Å²) in [6, 6.07) is -0.213. The smallest absolute Gasteiger partial charge is 0.235 e. The molecule has 0 aromatic carbocycles. The van der Waals surface area contributed by atoms with Crippen molar-refractivity contribution >= 4 is 27.5 Å². The molecule has 9 heteroatoms. The summed E-state index contributed by atoms with van der Waals surface area (Å²) in [7, 11) is -1.31. The Morgan fingerprint density at radius 2 is 2.33 bits per heavy atom. The molecule has 0 unspecified atom stereocenters. The van der Waals surface area contributed by atoms with E-state index in [9.17, 15) is 13.2 Å². The van der Waals surface area contributed by atoms with Crippen LogP contribution < -0.4 is 0 Å². The van der Waals surface area contributed by atoms with Crippen LogP contribution in [-0.2, 0) is 21.2 Å². The second-order valence-corrected chi connectivity index (χ2v) is 8.70. The van der Waals surface area contributed by atoms with Crippen molar-refractivity contribution in [3.05, 3.63) is 6.33 Å². The van der Waals surface area contributed by atoms with E-state index >= 15 is 0 Å². The van der Waals surface area contributed by atoms with Gasteiger partial charge < -0.3 is 9.47 Å². The third-order valence-corrected chi connectivity index (χ3v) is 6.49. The zero-order chi connectivity index (χ0) is 15.6. The molecule has 0 spiro atoms. The first-order valence-electron chi connectivity index (χ1n) is 6.85. The van der Waals surface area contributed by atoms with E-state index in [2.05, 4.69) is 10.2 Å². The van der Waals surface area contributed by atoms with Crippen molar-refractivity contribution in [2.75, 3.05) is 18.6 Å². The molecule has 0 aliphatic carbocycles. The Hall–Kier alpha value is -1.09. The van der Waals surface area contributed by atoms with E-state index in [1.54, 1.807) is 18.3 Å². The first kappa shape index (κ1) is 16.3. The predicted octanol–water partition coefficient (Wildman–Crippen LogP) is 0.424. The van der Waals surface area contributed by atoms with Crippen LogP contribution >= 0.6 is 11.8 Å². The fourth-order valence-electron chi connectivity index (χ4n) is 2.31. The summed E-state index contributed by atoms with van der Waals surface area (Å²) in [6.45, 7) is 4.53. The molecule has 0 N–H and O–H groups in total. The van der Waals surface area contributed by atoms with Gasteiger partial charge in [-0.1, -0.05) is 11.8 Å². The number of thioether (sulfide) groups is 1. The number of nitrogens with zero attached hydrogens (tertiary/aromatic N) is 4. The molecule has 1 aliphatic rings. The Balaban J connectivity index is 1.99. The number of hydrogen-bond acceptors (Lipinski definition) is 6. The Kier molecular flexibility index (Phi) is 4.92. The van der Waals surface area contributed by atoms with E-state index in [1.807, 2.05) is 18.4 Å². The topological polar surface area (TPSA) is 85.2 Å². The average Bonchev–Trinajstić information content (AvgIpc) is 3.02. The molecule has 0 radical (unpaired) electrons. The van der Waals surface area contributed by atoms with E-state index in [1.165, 1.54) is 11.8 Å². The Bertz CT molecular complexity index is 614. The fourth-order valence-corrected chi connectivity index (χ4v) is 5.07. The van der Waals surface area contributed by atoms with Gasteiger partial charge in [0.15, 0.2) is 15.0 Å². The van der Waals surface area contributed by atoms with Crippen LogP contribution in [0.5, 0.6) is 0 Å². The summed E-state index contributed by atoms with van der Waals surface area (Å²) in [5.74, 6) is 0.159. The van der Waals surface area contributed by atoms with Gasteiger partial charge in [0, 0.05) is 19.6 Å². The normalized spacial score (nSPS) is 22.1. The molecule has 2 atom stereocenters. The van der Waals surface area contributed by atoms with Crippen LogP contribution in [0.15, 0.2) is 11.5 Å². The van der Waals surface area contributed by atoms with Gasteiger partial charge in [-0.05, 0) is 20.3 Å². The van der Waals surface area contributed by atoms with Crippen molar-refractivity contribution in [1.82, 2.24) is 19.7 Å². The highest BCUT2D eigenvalue weighted by Crippen LogP contribution is 2.24. The van der Waals surface area contributed by atoms with E-state index in [-0.39, 0.29) is 28.7 Å². The van der Waals surface area contributed by atoms with Crippen molar-refractivity contribution in [1.29, 1.82) is 0 Å². The monoisotopic (exact) mass is 332 g/mol. The number of hydrogen-bond donors (Lipinski definition) is 0. The number of sulfone groups is 1. The summed E-state index contributed by atoms with van der Waals surface area (Å²) >= 11 is 1.35. The van der Waals surface area contributed by atoms with E-state index in [4.69, 9.17) is 0 Å².